The summed E-state index contributed by atoms with van der Waals surface area (Å²) in [4.78, 5) is 4.03. The lowest BCUT2D eigenvalue weighted by Crippen LogP contribution is -2.15. The number of hydrogen-bond donors (Lipinski definition) is 2. The van der Waals surface area contributed by atoms with Crippen molar-refractivity contribution in [1.82, 2.24) is 9.36 Å². The van der Waals surface area contributed by atoms with E-state index in [-0.39, 0.29) is 5.84 Å². The van der Waals surface area contributed by atoms with E-state index in [0.717, 1.165) is 9.90 Å². The van der Waals surface area contributed by atoms with E-state index in [1.807, 2.05) is 0 Å². The van der Waals surface area contributed by atoms with Gasteiger partial charge in [0.25, 0.3) is 0 Å². The van der Waals surface area contributed by atoms with Gasteiger partial charge in [-0.25, -0.2) is 9.37 Å². The van der Waals surface area contributed by atoms with Gasteiger partial charge in [-0.2, -0.15) is 4.37 Å². The molecule has 0 unspecified atom stereocenters. The van der Waals surface area contributed by atoms with Crippen molar-refractivity contribution in [2.45, 2.75) is 10.1 Å². The molecule has 0 aliphatic carbocycles. The quantitative estimate of drug-likeness (QED) is 0.295. The van der Waals surface area contributed by atoms with Gasteiger partial charge in [-0.3, -0.25) is 0 Å². The first-order chi connectivity index (χ1) is 8.70. The highest BCUT2D eigenvalue weighted by Crippen LogP contribution is 2.25. The van der Waals surface area contributed by atoms with Crippen LogP contribution in [0.2, 0.25) is 0 Å². The fourth-order valence-corrected chi connectivity index (χ4v) is 2.78. The Morgan fingerprint density at radius 3 is 3.06 bits per heavy atom. The molecule has 0 atom stereocenters. The molecular formula is C10H9FN4OS2. The van der Waals surface area contributed by atoms with E-state index in [1.165, 1.54) is 41.8 Å². The highest BCUT2D eigenvalue weighted by molar-refractivity contribution is 8.00. The lowest BCUT2D eigenvalue weighted by molar-refractivity contribution is 0.318. The van der Waals surface area contributed by atoms with Gasteiger partial charge in [0, 0.05) is 11.3 Å². The van der Waals surface area contributed by atoms with E-state index in [1.54, 1.807) is 6.07 Å². The number of nitrogens with two attached hydrogens (primary N) is 1. The number of benzene rings is 1. The molecule has 0 spiro atoms. The van der Waals surface area contributed by atoms with Gasteiger partial charge in [-0.05, 0) is 29.2 Å². The number of oxime groups is 1. The van der Waals surface area contributed by atoms with Crippen LogP contribution in [0.5, 0.6) is 0 Å². The van der Waals surface area contributed by atoms with Gasteiger partial charge in [0.1, 0.15) is 12.1 Å². The maximum absolute atomic E-state index is 13.1. The van der Waals surface area contributed by atoms with Crippen LogP contribution >= 0.6 is 23.3 Å². The van der Waals surface area contributed by atoms with Crippen molar-refractivity contribution in [2.24, 2.45) is 10.9 Å². The SMILES string of the molecule is NC(=NO)c1cc(F)ccc1CSc1ncns1. The van der Waals surface area contributed by atoms with Gasteiger partial charge in [0.2, 0.25) is 0 Å². The minimum Gasteiger partial charge on any atom is -0.409 e. The van der Waals surface area contributed by atoms with Crippen LogP contribution in [-0.2, 0) is 5.75 Å². The number of rotatable bonds is 4. The predicted octanol–water partition coefficient (Wildman–Crippen LogP) is 2.06. The average Bonchev–Trinajstić information content (AvgIpc) is 2.89. The van der Waals surface area contributed by atoms with Crippen molar-refractivity contribution in [1.29, 1.82) is 0 Å². The van der Waals surface area contributed by atoms with Crippen LogP contribution in [0, 0.1) is 5.82 Å². The number of nitrogens with zero attached hydrogens (tertiary/aromatic N) is 3. The zero-order valence-electron chi connectivity index (χ0n) is 9.08. The van der Waals surface area contributed by atoms with Gasteiger partial charge >= 0.3 is 0 Å². The fourth-order valence-electron chi connectivity index (χ4n) is 1.33. The molecule has 1 aromatic carbocycles. The Hall–Kier alpha value is -1.67. The summed E-state index contributed by atoms with van der Waals surface area (Å²) in [5, 5.41) is 11.6. The molecule has 0 bridgehead atoms. The second kappa shape index (κ2) is 5.78. The molecule has 2 aromatic rings. The number of amidine groups is 1. The third kappa shape index (κ3) is 2.96. The molecule has 0 aliphatic rings. The van der Waals surface area contributed by atoms with E-state index in [4.69, 9.17) is 10.9 Å². The lowest BCUT2D eigenvalue weighted by atomic mass is 10.1. The Kier molecular flexibility index (Phi) is 4.11. The van der Waals surface area contributed by atoms with Crippen molar-refractivity contribution in [3.05, 3.63) is 41.5 Å². The van der Waals surface area contributed by atoms with Gasteiger partial charge in [0.05, 0.1) is 0 Å². The van der Waals surface area contributed by atoms with Crippen molar-refractivity contribution in [2.75, 3.05) is 0 Å². The van der Waals surface area contributed by atoms with Crippen LogP contribution in [0.15, 0.2) is 34.0 Å². The Labute approximate surface area is 111 Å². The van der Waals surface area contributed by atoms with Crippen molar-refractivity contribution < 1.29 is 9.60 Å². The van der Waals surface area contributed by atoms with Gasteiger partial charge in [-0.15, -0.1) is 0 Å². The van der Waals surface area contributed by atoms with E-state index < -0.39 is 5.82 Å². The molecule has 0 saturated heterocycles. The van der Waals surface area contributed by atoms with Crippen LogP contribution in [-0.4, -0.2) is 20.4 Å². The third-order valence-corrected chi connectivity index (χ3v) is 3.99. The second-order valence-electron chi connectivity index (χ2n) is 3.28. The molecule has 0 amide bonds. The normalized spacial score (nSPS) is 11.7. The molecule has 1 heterocycles. The maximum atomic E-state index is 13.1. The second-order valence-corrected chi connectivity index (χ2v) is 5.29. The summed E-state index contributed by atoms with van der Waals surface area (Å²) in [7, 11) is 0. The first kappa shape index (κ1) is 12.8. The van der Waals surface area contributed by atoms with Crippen LogP contribution in [0.3, 0.4) is 0 Å². The summed E-state index contributed by atoms with van der Waals surface area (Å²) in [6.07, 6.45) is 1.47. The lowest BCUT2D eigenvalue weighted by Gasteiger charge is -2.07. The Bertz CT molecular complexity index is 559. The van der Waals surface area contributed by atoms with Crippen LogP contribution in [0.4, 0.5) is 4.39 Å². The molecule has 0 radical (unpaired) electrons. The standard InChI is InChI=1S/C10H9FN4OS2/c11-7-2-1-6(8(3-7)9(12)15-16)4-17-10-13-5-14-18-10/h1-3,5,16H,4H2,(H2,12,15). The minimum atomic E-state index is -0.429. The topological polar surface area (TPSA) is 84.4 Å². The Morgan fingerprint density at radius 2 is 2.39 bits per heavy atom. The average molecular weight is 284 g/mol. The molecule has 2 rings (SSSR count). The van der Waals surface area contributed by atoms with E-state index in [9.17, 15) is 4.39 Å². The van der Waals surface area contributed by atoms with Crippen LogP contribution < -0.4 is 5.73 Å². The van der Waals surface area contributed by atoms with E-state index >= 15 is 0 Å². The summed E-state index contributed by atoms with van der Waals surface area (Å²) >= 11 is 2.74. The summed E-state index contributed by atoms with van der Waals surface area (Å²) in [5.74, 6) is 0.00438. The Morgan fingerprint density at radius 1 is 1.56 bits per heavy atom. The van der Waals surface area contributed by atoms with Crippen LogP contribution in [0.1, 0.15) is 11.1 Å². The number of thioether (sulfide) groups is 1. The minimum absolute atomic E-state index is 0.109. The summed E-state index contributed by atoms with van der Waals surface area (Å²) in [6, 6.07) is 4.19. The van der Waals surface area contributed by atoms with Crippen molar-refractivity contribution in [3.63, 3.8) is 0 Å². The first-order valence-electron chi connectivity index (χ1n) is 4.86. The molecule has 1 aromatic heterocycles. The molecule has 94 valence electrons. The third-order valence-electron chi connectivity index (χ3n) is 2.15. The molecular weight excluding hydrogens is 275 g/mol. The maximum Gasteiger partial charge on any atom is 0.170 e. The molecule has 5 nitrogen and oxygen atoms in total. The molecule has 0 saturated carbocycles. The zero-order valence-corrected chi connectivity index (χ0v) is 10.7. The van der Waals surface area contributed by atoms with Crippen molar-refractivity contribution >= 4 is 29.1 Å². The van der Waals surface area contributed by atoms with Crippen molar-refractivity contribution in [3.8, 4) is 0 Å². The largest absolute Gasteiger partial charge is 0.409 e. The molecule has 8 heteroatoms. The van der Waals surface area contributed by atoms with Crippen LogP contribution in [0.25, 0.3) is 0 Å². The number of aromatic nitrogens is 2. The van der Waals surface area contributed by atoms with Gasteiger partial charge in [-0.1, -0.05) is 23.0 Å². The zero-order chi connectivity index (χ0) is 13.0. The molecule has 0 fully saturated rings. The summed E-state index contributed by atoms with van der Waals surface area (Å²) in [5.41, 5.74) is 6.67. The summed E-state index contributed by atoms with van der Waals surface area (Å²) in [6.45, 7) is 0. The van der Waals surface area contributed by atoms with E-state index in [2.05, 4.69) is 14.5 Å². The molecule has 18 heavy (non-hydrogen) atoms. The predicted molar refractivity (Wildman–Crippen MR) is 68.4 cm³/mol. The first-order valence-corrected chi connectivity index (χ1v) is 6.62. The number of hydrogen-bond acceptors (Lipinski definition) is 6. The van der Waals surface area contributed by atoms with Gasteiger partial charge < -0.3 is 10.9 Å². The monoisotopic (exact) mass is 284 g/mol. The highest BCUT2D eigenvalue weighted by atomic mass is 32.2. The Balaban J connectivity index is 2.21. The summed E-state index contributed by atoms with van der Waals surface area (Å²) < 4.78 is 17.8. The van der Waals surface area contributed by atoms with Gasteiger partial charge in [0.15, 0.2) is 10.2 Å². The smallest absolute Gasteiger partial charge is 0.170 e. The molecule has 0 aliphatic heterocycles. The van der Waals surface area contributed by atoms with E-state index in [0.29, 0.717) is 11.3 Å². The highest BCUT2D eigenvalue weighted by Gasteiger charge is 2.10. The molecule has 3 N–H and O–H groups in total. The number of halogens is 1. The fraction of sp³-hybridized carbons (Fsp3) is 0.100.